The molecule has 0 spiro atoms. The molecular weight excluding hydrogens is 204 g/mol. The number of carbonyl (C=O) groups is 1. The van der Waals surface area contributed by atoms with E-state index in [0.717, 1.165) is 12.8 Å². The van der Waals surface area contributed by atoms with Crippen molar-refractivity contribution in [3.8, 4) is 0 Å². The zero-order chi connectivity index (χ0) is 12.8. The van der Waals surface area contributed by atoms with Crippen LogP contribution in [0.15, 0.2) is 0 Å². The number of rotatable bonds is 7. The Kier molecular flexibility index (Phi) is 6.60. The Morgan fingerprint density at radius 2 is 1.88 bits per heavy atom. The second-order valence-corrected chi connectivity index (χ2v) is 4.72. The summed E-state index contributed by atoms with van der Waals surface area (Å²) in [6, 6.07) is 0. The fourth-order valence-electron chi connectivity index (χ4n) is 1.73. The highest BCUT2D eigenvalue weighted by Gasteiger charge is 2.30. The molecule has 0 saturated carbocycles. The van der Waals surface area contributed by atoms with E-state index in [1.54, 1.807) is 0 Å². The van der Waals surface area contributed by atoms with E-state index in [4.69, 9.17) is 5.73 Å². The molecule has 4 nitrogen and oxygen atoms in total. The lowest BCUT2D eigenvalue weighted by Crippen LogP contribution is -2.53. The fourth-order valence-corrected chi connectivity index (χ4v) is 1.73. The van der Waals surface area contributed by atoms with Crippen LogP contribution in [0.4, 0.5) is 0 Å². The van der Waals surface area contributed by atoms with E-state index in [1.165, 1.54) is 0 Å². The summed E-state index contributed by atoms with van der Waals surface area (Å²) in [6.45, 7) is 8.21. The van der Waals surface area contributed by atoms with Gasteiger partial charge in [-0.2, -0.15) is 0 Å². The van der Waals surface area contributed by atoms with Gasteiger partial charge in [-0.3, -0.25) is 4.79 Å². The van der Waals surface area contributed by atoms with Crippen LogP contribution in [-0.2, 0) is 4.79 Å². The maximum atomic E-state index is 12.0. The van der Waals surface area contributed by atoms with Crippen molar-refractivity contribution in [2.24, 2.45) is 17.6 Å². The van der Waals surface area contributed by atoms with Gasteiger partial charge in [0.25, 0.3) is 0 Å². The standard InChI is InChI=1S/C12H26N2O2/c1-5-12(6-2,8-15)14-11(16)10(7-13)9(3)4/h9-10,15H,5-8,13H2,1-4H3,(H,14,16). The van der Waals surface area contributed by atoms with Crippen LogP contribution in [0.2, 0.25) is 0 Å². The number of nitrogens with two attached hydrogens (primary N) is 1. The second-order valence-electron chi connectivity index (χ2n) is 4.72. The molecule has 4 heteroatoms. The first-order valence-corrected chi connectivity index (χ1v) is 6.09. The van der Waals surface area contributed by atoms with E-state index in [-0.39, 0.29) is 24.3 Å². The number of amides is 1. The quantitative estimate of drug-likeness (QED) is 0.608. The first-order chi connectivity index (χ1) is 7.46. The summed E-state index contributed by atoms with van der Waals surface area (Å²) in [4.78, 5) is 12.0. The molecule has 1 unspecified atom stereocenters. The summed E-state index contributed by atoms with van der Waals surface area (Å²) in [5, 5.41) is 12.3. The van der Waals surface area contributed by atoms with Crippen LogP contribution >= 0.6 is 0 Å². The molecule has 0 aliphatic carbocycles. The van der Waals surface area contributed by atoms with Crippen LogP contribution in [0.25, 0.3) is 0 Å². The summed E-state index contributed by atoms with van der Waals surface area (Å²) >= 11 is 0. The van der Waals surface area contributed by atoms with Crippen LogP contribution in [0.3, 0.4) is 0 Å². The highest BCUT2D eigenvalue weighted by molar-refractivity contribution is 5.80. The SMILES string of the molecule is CCC(CC)(CO)NC(=O)C(CN)C(C)C. The van der Waals surface area contributed by atoms with Crippen molar-refractivity contribution < 1.29 is 9.90 Å². The summed E-state index contributed by atoms with van der Waals surface area (Å²) in [5.41, 5.74) is 5.11. The molecule has 0 aromatic heterocycles. The van der Waals surface area contributed by atoms with Gasteiger partial charge in [0.05, 0.1) is 18.1 Å². The van der Waals surface area contributed by atoms with E-state index in [9.17, 15) is 9.90 Å². The predicted molar refractivity (Wildman–Crippen MR) is 65.9 cm³/mol. The lowest BCUT2D eigenvalue weighted by Gasteiger charge is -2.33. The highest BCUT2D eigenvalue weighted by atomic mass is 16.3. The van der Waals surface area contributed by atoms with E-state index >= 15 is 0 Å². The van der Waals surface area contributed by atoms with Crippen LogP contribution in [0, 0.1) is 11.8 Å². The maximum Gasteiger partial charge on any atom is 0.225 e. The number of aliphatic hydroxyl groups is 1. The van der Waals surface area contributed by atoms with Gasteiger partial charge in [-0.25, -0.2) is 0 Å². The van der Waals surface area contributed by atoms with Crippen molar-refractivity contribution in [3.63, 3.8) is 0 Å². The molecular formula is C12H26N2O2. The highest BCUT2D eigenvalue weighted by Crippen LogP contribution is 2.17. The molecule has 0 heterocycles. The Balaban J connectivity index is 4.62. The van der Waals surface area contributed by atoms with Crippen molar-refractivity contribution >= 4 is 5.91 Å². The summed E-state index contributed by atoms with van der Waals surface area (Å²) in [5.74, 6) is -0.00520. The zero-order valence-corrected chi connectivity index (χ0v) is 10.9. The summed E-state index contributed by atoms with van der Waals surface area (Å²) in [7, 11) is 0. The van der Waals surface area contributed by atoms with Gasteiger partial charge in [-0.05, 0) is 18.8 Å². The molecule has 0 fully saturated rings. The minimum Gasteiger partial charge on any atom is -0.394 e. The van der Waals surface area contributed by atoms with Gasteiger partial charge < -0.3 is 16.2 Å². The molecule has 1 amide bonds. The third kappa shape index (κ3) is 3.76. The van der Waals surface area contributed by atoms with E-state index in [1.807, 2.05) is 27.7 Å². The number of hydrogen-bond donors (Lipinski definition) is 3. The Hall–Kier alpha value is -0.610. The van der Waals surface area contributed by atoms with Gasteiger partial charge in [0, 0.05) is 6.54 Å². The first kappa shape index (κ1) is 15.4. The van der Waals surface area contributed by atoms with E-state index in [2.05, 4.69) is 5.32 Å². The molecule has 0 aromatic rings. The van der Waals surface area contributed by atoms with Crippen molar-refractivity contribution in [1.82, 2.24) is 5.32 Å². The Labute approximate surface area is 98.6 Å². The third-order valence-electron chi connectivity index (χ3n) is 3.44. The van der Waals surface area contributed by atoms with Gasteiger partial charge in [-0.15, -0.1) is 0 Å². The Morgan fingerprint density at radius 1 is 1.38 bits per heavy atom. The smallest absolute Gasteiger partial charge is 0.225 e. The molecule has 0 bridgehead atoms. The van der Waals surface area contributed by atoms with E-state index < -0.39 is 5.54 Å². The summed E-state index contributed by atoms with van der Waals surface area (Å²) in [6.07, 6.45) is 1.45. The minimum atomic E-state index is -0.487. The van der Waals surface area contributed by atoms with Crippen molar-refractivity contribution in [2.45, 2.75) is 46.1 Å². The lowest BCUT2D eigenvalue weighted by molar-refractivity contribution is -0.128. The normalized spacial score (nSPS) is 13.9. The van der Waals surface area contributed by atoms with Gasteiger partial charge >= 0.3 is 0 Å². The fraction of sp³-hybridized carbons (Fsp3) is 0.917. The average Bonchev–Trinajstić information content (AvgIpc) is 2.26. The molecule has 0 aromatic carbocycles. The Morgan fingerprint density at radius 3 is 2.12 bits per heavy atom. The molecule has 0 aliphatic rings. The largest absolute Gasteiger partial charge is 0.394 e. The zero-order valence-electron chi connectivity index (χ0n) is 10.9. The maximum absolute atomic E-state index is 12.0. The van der Waals surface area contributed by atoms with Crippen molar-refractivity contribution in [3.05, 3.63) is 0 Å². The molecule has 96 valence electrons. The lowest BCUT2D eigenvalue weighted by atomic mass is 9.90. The van der Waals surface area contributed by atoms with Gasteiger partial charge in [0.2, 0.25) is 5.91 Å². The van der Waals surface area contributed by atoms with Gasteiger partial charge in [0.1, 0.15) is 0 Å². The predicted octanol–water partition coefficient (Wildman–Crippen LogP) is 0.885. The second kappa shape index (κ2) is 6.86. The summed E-state index contributed by atoms with van der Waals surface area (Å²) < 4.78 is 0. The van der Waals surface area contributed by atoms with Crippen molar-refractivity contribution in [1.29, 1.82) is 0 Å². The molecule has 16 heavy (non-hydrogen) atoms. The number of carbonyl (C=O) groups excluding carboxylic acids is 1. The third-order valence-corrected chi connectivity index (χ3v) is 3.44. The average molecular weight is 230 g/mol. The number of nitrogens with one attached hydrogen (secondary N) is 1. The van der Waals surface area contributed by atoms with Crippen molar-refractivity contribution in [2.75, 3.05) is 13.2 Å². The topological polar surface area (TPSA) is 75.3 Å². The van der Waals surface area contributed by atoms with Crippen LogP contribution < -0.4 is 11.1 Å². The van der Waals surface area contributed by atoms with Gasteiger partial charge in [-0.1, -0.05) is 27.7 Å². The molecule has 1 atom stereocenters. The van der Waals surface area contributed by atoms with Crippen LogP contribution in [0.5, 0.6) is 0 Å². The molecule has 0 radical (unpaired) electrons. The van der Waals surface area contributed by atoms with Crippen LogP contribution in [-0.4, -0.2) is 29.7 Å². The molecule has 0 rings (SSSR count). The minimum absolute atomic E-state index is 0.0267. The Bertz CT molecular complexity index is 205. The molecule has 4 N–H and O–H groups in total. The molecule has 0 saturated heterocycles. The first-order valence-electron chi connectivity index (χ1n) is 6.09. The van der Waals surface area contributed by atoms with E-state index in [0.29, 0.717) is 6.54 Å². The monoisotopic (exact) mass is 230 g/mol. The number of aliphatic hydroxyl groups excluding tert-OH is 1. The van der Waals surface area contributed by atoms with Gasteiger partial charge in [0.15, 0.2) is 0 Å². The molecule has 0 aliphatic heterocycles. The van der Waals surface area contributed by atoms with Crippen LogP contribution in [0.1, 0.15) is 40.5 Å². The number of hydrogen-bond acceptors (Lipinski definition) is 3.